The maximum Gasteiger partial charge on any atom is 0.255 e. The molecule has 2 aromatic rings. The number of nitrogens with zero attached hydrogens (tertiary/aromatic N) is 5. The normalized spacial score (nSPS) is 18.8. The summed E-state index contributed by atoms with van der Waals surface area (Å²) >= 11 is 0. The van der Waals surface area contributed by atoms with Crippen molar-refractivity contribution < 1.29 is 9.90 Å². The zero-order chi connectivity index (χ0) is 13.2. The van der Waals surface area contributed by atoms with Crippen LogP contribution in [0, 0.1) is 0 Å². The summed E-state index contributed by atoms with van der Waals surface area (Å²) in [7, 11) is 0. The molecule has 1 saturated heterocycles. The Labute approximate surface area is 109 Å². The molecule has 7 nitrogen and oxygen atoms in total. The molecule has 7 heteroatoms. The zero-order valence-corrected chi connectivity index (χ0v) is 10.2. The number of likely N-dealkylation sites (tertiary alicyclic amines) is 1. The summed E-state index contributed by atoms with van der Waals surface area (Å²) in [6.07, 6.45) is 4.71. The molecule has 0 spiro atoms. The fraction of sp³-hybridized carbons (Fsp3) is 0.333. The van der Waals surface area contributed by atoms with Crippen molar-refractivity contribution in [2.75, 3.05) is 13.1 Å². The van der Waals surface area contributed by atoms with Crippen LogP contribution in [0.1, 0.15) is 16.8 Å². The van der Waals surface area contributed by atoms with Crippen molar-refractivity contribution in [1.82, 2.24) is 24.6 Å². The van der Waals surface area contributed by atoms with Crippen molar-refractivity contribution in [2.45, 2.75) is 12.5 Å². The lowest BCUT2D eigenvalue weighted by molar-refractivity contribution is 0.0764. The fourth-order valence-corrected chi connectivity index (χ4v) is 2.08. The molecule has 0 saturated carbocycles. The monoisotopic (exact) mass is 259 g/mol. The Hall–Kier alpha value is -2.28. The number of rotatable bonds is 2. The van der Waals surface area contributed by atoms with Crippen LogP contribution >= 0.6 is 0 Å². The lowest BCUT2D eigenvalue weighted by atomic mass is 10.2. The molecule has 1 aliphatic rings. The molecule has 98 valence electrons. The Morgan fingerprint density at radius 2 is 2.32 bits per heavy atom. The first-order valence-corrected chi connectivity index (χ1v) is 6.02. The van der Waals surface area contributed by atoms with Gasteiger partial charge < -0.3 is 10.0 Å². The summed E-state index contributed by atoms with van der Waals surface area (Å²) < 4.78 is 1.52. The van der Waals surface area contributed by atoms with Crippen molar-refractivity contribution in [3.8, 4) is 5.82 Å². The predicted molar refractivity (Wildman–Crippen MR) is 65.7 cm³/mol. The van der Waals surface area contributed by atoms with Gasteiger partial charge in [-0.25, -0.2) is 14.6 Å². The Bertz CT molecular complexity index is 566. The highest BCUT2D eigenvalue weighted by atomic mass is 16.3. The van der Waals surface area contributed by atoms with Gasteiger partial charge in [-0.2, -0.15) is 5.10 Å². The van der Waals surface area contributed by atoms with Gasteiger partial charge in [0.1, 0.15) is 12.7 Å². The smallest absolute Gasteiger partial charge is 0.255 e. The number of hydrogen-bond acceptors (Lipinski definition) is 5. The first kappa shape index (κ1) is 11.8. The van der Waals surface area contributed by atoms with Crippen molar-refractivity contribution in [3.63, 3.8) is 0 Å². The van der Waals surface area contributed by atoms with Crippen LogP contribution in [0.4, 0.5) is 0 Å². The van der Waals surface area contributed by atoms with E-state index in [0.717, 1.165) is 0 Å². The van der Waals surface area contributed by atoms with Crippen LogP contribution in [0.2, 0.25) is 0 Å². The van der Waals surface area contributed by atoms with Gasteiger partial charge in [0.25, 0.3) is 5.91 Å². The molecule has 3 rings (SSSR count). The highest BCUT2D eigenvalue weighted by Crippen LogP contribution is 2.13. The maximum atomic E-state index is 12.1. The number of carbonyl (C=O) groups is 1. The first-order valence-electron chi connectivity index (χ1n) is 6.02. The van der Waals surface area contributed by atoms with Crippen LogP contribution < -0.4 is 0 Å². The number of β-amino-alcohol motifs (C(OH)–C–C–N with tert-alkyl or cyclic N) is 1. The summed E-state index contributed by atoms with van der Waals surface area (Å²) in [5, 5.41) is 13.4. The van der Waals surface area contributed by atoms with Crippen LogP contribution in [-0.2, 0) is 0 Å². The van der Waals surface area contributed by atoms with E-state index in [-0.39, 0.29) is 5.91 Å². The molecule has 1 N–H and O–H groups in total. The molecule has 0 aromatic carbocycles. The number of aromatic nitrogens is 4. The molecule has 1 fully saturated rings. The summed E-state index contributed by atoms with van der Waals surface area (Å²) in [5.41, 5.74) is 0.512. The van der Waals surface area contributed by atoms with Gasteiger partial charge in [-0.05, 0) is 18.6 Å². The van der Waals surface area contributed by atoms with E-state index in [1.54, 1.807) is 23.4 Å². The summed E-state index contributed by atoms with van der Waals surface area (Å²) in [6, 6.07) is 3.42. The molecule has 3 heterocycles. The topological polar surface area (TPSA) is 84.1 Å². The Balaban J connectivity index is 1.77. The Morgan fingerprint density at radius 3 is 2.89 bits per heavy atom. The lowest BCUT2D eigenvalue weighted by Crippen LogP contribution is -2.29. The van der Waals surface area contributed by atoms with Crippen molar-refractivity contribution >= 4 is 5.91 Å². The molecule has 0 unspecified atom stereocenters. The minimum absolute atomic E-state index is 0.103. The number of aliphatic hydroxyl groups is 1. The molecule has 2 aromatic heterocycles. The van der Waals surface area contributed by atoms with Crippen LogP contribution in [0.25, 0.3) is 5.82 Å². The minimum Gasteiger partial charge on any atom is -0.391 e. The van der Waals surface area contributed by atoms with E-state index in [1.807, 2.05) is 0 Å². The van der Waals surface area contributed by atoms with E-state index < -0.39 is 6.10 Å². The van der Waals surface area contributed by atoms with Crippen LogP contribution in [0.3, 0.4) is 0 Å². The SMILES string of the molecule is O=C(c1ccc(-n2cncn2)nc1)N1CC[C@H](O)C1. The molecule has 19 heavy (non-hydrogen) atoms. The average molecular weight is 259 g/mol. The van der Waals surface area contributed by atoms with E-state index in [1.165, 1.54) is 17.2 Å². The van der Waals surface area contributed by atoms with Gasteiger partial charge in [-0.1, -0.05) is 0 Å². The molecule has 1 atom stereocenters. The van der Waals surface area contributed by atoms with Crippen LogP contribution in [0.15, 0.2) is 31.0 Å². The molecular weight excluding hydrogens is 246 g/mol. The van der Waals surface area contributed by atoms with Gasteiger partial charge in [0.15, 0.2) is 5.82 Å². The second kappa shape index (κ2) is 4.77. The summed E-state index contributed by atoms with van der Waals surface area (Å²) in [5.74, 6) is 0.504. The van der Waals surface area contributed by atoms with Crippen LogP contribution in [-0.4, -0.2) is 54.9 Å². The number of pyridine rings is 1. The quantitative estimate of drug-likeness (QED) is 0.812. The first-order chi connectivity index (χ1) is 9.24. The lowest BCUT2D eigenvalue weighted by Gasteiger charge is -2.15. The third kappa shape index (κ3) is 2.32. The van der Waals surface area contributed by atoms with Crippen molar-refractivity contribution in [1.29, 1.82) is 0 Å². The standard InChI is InChI=1S/C12H13N5O2/c18-10-3-4-16(6-10)12(19)9-1-2-11(14-5-9)17-8-13-7-15-17/h1-2,5,7-8,10,18H,3-4,6H2/t10-/m0/s1. The third-order valence-electron chi connectivity index (χ3n) is 3.10. The van der Waals surface area contributed by atoms with Crippen molar-refractivity contribution in [3.05, 3.63) is 36.5 Å². The van der Waals surface area contributed by atoms with Gasteiger partial charge >= 0.3 is 0 Å². The largest absolute Gasteiger partial charge is 0.391 e. The zero-order valence-electron chi connectivity index (χ0n) is 10.2. The maximum absolute atomic E-state index is 12.1. The van der Waals surface area contributed by atoms with E-state index in [2.05, 4.69) is 15.1 Å². The molecule has 0 bridgehead atoms. The van der Waals surface area contributed by atoms with Gasteiger partial charge in [-0.15, -0.1) is 0 Å². The van der Waals surface area contributed by atoms with E-state index in [4.69, 9.17) is 0 Å². The molecule has 1 amide bonds. The highest BCUT2D eigenvalue weighted by Gasteiger charge is 2.25. The minimum atomic E-state index is -0.411. The second-order valence-corrected chi connectivity index (χ2v) is 4.44. The third-order valence-corrected chi connectivity index (χ3v) is 3.10. The Morgan fingerprint density at radius 1 is 1.42 bits per heavy atom. The average Bonchev–Trinajstić information content (AvgIpc) is 3.09. The number of hydrogen-bond donors (Lipinski definition) is 1. The summed E-state index contributed by atoms with van der Waals surface area (Å²) in [6.45, 7) is 0.981. The Kier molecular flexibility index (Phi) is 2.96. The summed E-state index contributed by atoms with van der Waals surface area (Å²) in [4.78, 5) is 21.8. The molecule has 0 radical (unpaired) electrons. The molecular formula is C12H13N5O2. The highest BCUT2D eigenvalue weighted by molar-refractivity contribution is 5.94. The molecule has 0 aliphatic carbocycles. The van der Waals surface area contributed by atoms with Gasteiger partial charge in [-0.3, -0.25) is 4.79 Å². The van der Waals surface area contributed by atoms with Gasteiger partial charge in [0.05, 0.1) is 11.7 Å². The number of aliphatic hydroxyl groups excluding tert-OH is 1. The predicted octanol–water partition coefficient (Wildman–Crippen LogP) is -0.131. The fourth-order valence-electron chi connectivity index (χ4n) is 2.08. The van der Waals surface area contributed by atoms with E-state index in [9.17, 15) is 9.90 Å². The van der Waals surface area contributed by atoms with Gasteiger partial charge in [0, 0.05) is 19.3 Å². The molecule has 1 aliphatic heterocycles. The van der Waals surface area contributed by atoms with E-state index in [0.29, 0.717) is 30.9 Å². The number of carbonyl (C=O) groups excluding carboxylic acids is 1. The van der Waals surface area contributed by atoms with E-state index >= 15 is 0 Å². The number of amides is 1. The second-order valence-electron chi connectivity index (χ2n) is 4.44. The van der Waals surface area contributed by atoms with Crippen LogP contribution in [0.5, 0.6) is 0 Å². The van der Waals surface area contributed by atoms with Crippen molar-refractivity contribution in [2.24, 2.45) is 0 Å². The van der Waals surface area contributed by atoms with Gasteiger partial charge in [0.2, 0.25) is 0 Å².